The second-order valence-electron chi connectivity index (χ2n) is 5.10. The highest BCUT2D eigenvalue weighted by Crippen LogP contribution is 2.31. The molecule has 5 heteroatoms. The summed E-state index contributed by atoms with van der Waals surface area (Å²) in [6.45, 7) is 6.64. The molecule has 0 aromatic carbocycles. The lowest BCUT2D eigenvalue weighted by molar-refractivity contribution is 0.643. The van der Waals surface area contributed by atoms with Crippen LogP contribution in [0.3, 0.4) is 0 Å². The molecule has 0 bridgehead atoms. The maximum Gasteiger partial charge on any atom is 0.180 e. The van der Waals surface area contributed by atoms with Crippen molar-refractivity contribution in [2.75, 3.05) is 23.7 Å². The summed E-state index contributed by atoms with van der Waals surface area (Å²) in [4.78, 5) is 15.5. The number of fused-ring (bicyclic) bond motifs is 1. The van der Waals surface area contributed by atoms with E-state index in [1.165, 1.54) is 0 Å². The first-order chi connectivity index (χ1) is 8.64. The molecule has 0 N–H and O–H groups in total. The van der Waals surface area contributed by atoms with Gasteiger partial charge in [0.15, 0.2) is 5.65 Å². The lowest BCUT2D eigenvalue weighted by atomic mass is 10.2. The topological polar surface area (TPSA) is 41.9 Å². The molecule has 0 unspecified atom stereocenters. The number of nitrogens with zero attached hydrogens (tertiary/aromatic N) is 4. The van der Waals surface area contributed by atoms with Crippen LogP contribution in [0.2, 0.25) is 0 Å². The van der Waals surface area contributed by atoms with E-state index in [1.54, 1.807) is 12.4 Å². The normalized spacial score (nSPS) is 19.1. The Morgan fingerprint density at radius 3 is 2.89 bits per heavy atom. The number of aromatic nitrogens is 3. The Morgan fingerprint density at radius 2 is 2.06 bits per heavy atom. The first-order valence-corrected chi connectivity index (χ1v) is 7.09. The van der Waals surface area contributed by atoms with Gasteiger partial charge in [0.25, 0.3) is 0 Å². The highest BCUT2D eigenvalue weighted by atomic mass is 32.2. The summed E-state index contributed by atoms with van der Waals surface area (Å²) in [5.41, 5.74) is 1.58. The van der Waals surface area contributed by atoms with Crippen LogP contribution in [0.15, 0.2) is 24.5 Å². The molecular weight excluding hydrogens is 244 g/mol. The van der Waals surface area contributed by atoms with Crippen molar-refractivity contribution < 1.29 is 0 Å². The van der Waals surface area contributed by atoms with Crippen molar-refractivity contribution in [2.24, 2.45) is 0 Å². The fraction of sp³-hybridized carbons (Fsp3) is 0.462. The first kappa shape index (κ1) is 11.7. The molecule has 1 aliphatic heterocycles. The molecule has 18 heavy (non-hydrogen) atoms. The molecule has 4 nitrogen and oxygen atoms in total. The molecule has 1 fully saturated rings. The minimum atomic E-state index is 0.289. The molecule has 2 aromatic heterocycles. The van der Waals surface area contributed by atoms with E-state index in [-0.39, 0.29) is 4.75 Å². The van der Waals surface area contributed by atoms with Crippen LogP contribution in [0.1, 0.15) is 13.8 Å². The van der Waals surface area contributed by atoms with E-state index in [4.69, 9.17) is 0 Å². The van der Waals surface area contributed by atoms with Gasteiger partial charge in [0.05, 0.1) is 0 Å². The van der Waals surface area contributed by atoms with E-state index < -0.39 is 0 Å². The van der Waals surface area contributed by atoms with Gasteiger partial charge in [-0.05, 0) is 26.0 Å². The molecule has 1 aliphatic rings. The van der Waals surface area contributed by atoms with Crippen molar-refractivity contribution in [1.29, 1.82) is 0 Å². The summed E-state index contributed by atoms with van der Waals surface area (Å²) in [7, 11) is 0. The van der Waals surface area contributed by atoms with Crippen LogP contribution in [0.5, 0.6) is 0 Å². The summed E-state index contributed by atoms with van der Waals surface area (Å²) in [6.07, 6.45) is 3.39. The molecule has 0 radical (unpaired) electrons. The van der Waals surface area contributed by atoms with Crippen LogP contribution < -0.4 is 4.90 Å². The third-order valence-electron chi connectivity index (χ3n) is 3.07. The predicted molar refractivity (Wildman–Crippen MR) is 76.1 cm³/mol. The Labute approximate surface area is 111 Å². The van der Waals surface area contributed by atoms with Crippen molar-refractivity contribution in [2.45, 2.75) is 18.6 Å². The smallest absolute Gasteiger partial charge is 0.180 e. The Morgan fingerprint density at radius 1 is 1.22 bits per heavy atom. The fourth-order valence-corrected chi connectivity index (χ4v) is 3.34. The second kappa shape index (κ2) is 4.39. The second-order valence-corrected chi connectivity index (χ2v) is 6.90. The number of hydrogen-bond acceptors (Lipinski definition) is 5. The van der Waals surface area contributed by atoms with E-state index in [9.17, 15) is 0 Å². The largest absolute Gasteiger partial charge is 0.354 e. The maximum absolute atomic E-state index is 4.61. The van der Waals surface area contributed by atoms with Gasteiger partial charge < -0.3 is 4.90 Å². The summed E-state index contributed by atoms with van der Waals surface area (Å²) >= 11 is 2.02. The zero-order valence-corrected chi connectivity index (χ0v) is 11.4. The van der Waals surface area contributed by atoms with Crippen LogP contribution in [-0.4, -0.2) is 38.5 Å². The van der Waals surface area contributed by atoms with Crippen LogP contribution in [-0.2, 0) is 0 Å². The van der Waals surface area contributed by atoms with E-state index in [0.29, 0.717) is 0 Å². The molecular formula is C13H16N4S. The quantitative estimate of drug-likeness (QED) is 0.787. The van der Waals surface area contributed by atoms with Crippen molar-refractivity contribution in [3.63, 3.8) is 0 Å². The Bertz CT molecular complexity index is 570. The highest BCUT2D eigenvalue weighted by Gasteiger charge is 2.27. The number of thioether (sulfide) groups is 1. The van der Waals surface area contributed by atoms with E-state index in [0.717, 1.165) is 35.8 Å². The zero-order valence-electron chi connectivity index (χ0n) is 10.6. The van der Waals surface area contributed by atoms with Crippen LogP contribution >= 0.6 is 11.8 Å². The lowest BCUT2D eigenvalue weighted by Crippen LogP contribution is -2.43. The Kier molecular flexibility index (Phi) is 2.86. The van der Waals surface area contributed by atoms with Crippen molar-refractivity contribution >= 4 is 28.7 Å². The van der Waals surface area contributed by atoms with Crippen LogP contribution in [0.4, 0.5) is 5.82 Å². The van der Waals surface area contributed by atoms with Crippen molar-refractivity contribution in [3.05, 3.63) is 24.5 Å². The van der Waals surface area contributed by atoms with Gasteiger partial charge in [0.1, 0.15) is 11.3 Å². The minimum absolute atomic E-state index is 0.289. The predicted octanol–water partition coefficient (Wildman–Crippen LogP) is 2.36. The third-order valence-corrected chi connectivity index (χ3v) is 4.36. The Balaban J connectivity index is 1.94. The molecule has 2 aromatic rings. The number of anilines is 1. The van der Waals surface area contributed by atoms with Gasteiger partial charge in [0.2, 0.25) is 0 Å². The van der Waals surface area contributed by atoms with E-state index >= 15 is 0 Å². The molecule has 3 rings (SSSR count). The lowest BCUT2D eigenvalue weighted by Gasteiger charge is -2.38. The highest BCUT2D eigenvalue weighted by molar-refractivity contribution is 8.00. The molecule has 0 aliphatic carbocycles. The van der Waals surface area contributed by atoms with Crippen LogP contribution in [0.25, 0.3) is 11.2 Å². The molecule has 0 atom stereocenters. The molecule has 3 heterocycles. The van der Waals surface area contributed by atoms with Gasteiger partial charge in [0, 0.05) is 36.0 Å². The summed E-state index contributed by atoms with van der Waals surface area (Å²) < 4.78 is 0.289. The van der Waals surface area contributed by atoms with Gasteiger partial charge in [-0.15, -0.1) is 0 Å². The Hall–Kier alpha value is -1.36. The molecule has 0 spiro atoms. The average Bonchev–Trinajstić information content (AvgIpc) is 2.37. The van der Waals surface area contributed by atoms with E-state index in [2.05, 4.69) is 33.7 Å². The zero-order chi connectivity index (χ0) is 12.6. The first-order valence-electron chi connectivity index (χ1n) is 6.11. The van der Waals surface area contributed by atoms with Gasteiger partial charge in [-0.3, -0.25) is 4.98 Å². The van der Waals surface area contributed by atoms with Gasteiger partial charge in [-0.1, -0.05) is 0 Å². The summed E-state index contributed by atoms with van der Waals surface area (Å²) in [5.74, 6) is 2.16. The number of pyridine rings is 1. The van der Waals surface area contributed by atoms with E-state index in [1.807, 2.05) is 23.9 Å². The number of hydrogen-bond donors (Lipinski definition) is 0. The SMILES string of the molecule is CC1(C)CN(c2ccc3nccnc3n2)CCS1. The average molecular weight is 260 g/mol. The van der Waals surface area contributed by atoms with Crippen molar-refractivity contribution in [1.82, 2.24) is 15.0 Å². The van der Waals surface area contributed by atoms with Crippen molar-refractivity contribution in [3.8, 4) is 0 Å². The third kappa shape index (κ3) is 2.27. The minimum Gasteiger partial charge on any atom is -0.354 e. The van der Waals surface area contributed by atoms with Crippen LogP contribution in [0, 0.1) is 0 Å². The molecule has 0 saturated carbocycles. The maximum atomic E-state index is 4.61. The standard InChI is InChI=1S/C13H16N4S/c1-13(2)9-17(7-8-18-13)11-4-3-10-12(16-11)15-6-5-14-10/h3-6H,7-9H2,1-2H3. The van der Waals surface area contributed by atoms with Gasteiger partial charge in [-0.25, -0.2) is 9.97 Å². The fourth-order valence-electron chi connectivity index (χ4n) is 2.23. The molecule has 94 valence electrons. The molecule has 1 saturated heterocycles. The van der Waals surface area contributed by atoms with Gasteiger partial charge >= 0.3 is 0 Å². The molecule has 0 amide bonds. The monoisotopic (exact) mass is 260 g/mol. The summed E-state index contributed by atoms with van der Waals surface area (Å²) in [5, 5.41) is 0. The summed E-state index contributed by atoms with van der Waals surface area (Å²) in [6, 6.07) is 4.04. The number of rotatable bonds is 1. The van der Waals surface area contributed by atoms with Gasteiger partial charge in [-0.2, -0.15) is 11.8 Å².